The first-order valence-corrected chi connectivity index (χ1v) is 14.0. The van der Waals surface area contributed by atoms with Crippen molar-refractivity contribution in [1.82, 2.24) is 14.5 Å². The van der Waals surface area contributed by atoms with Crippen LogP contribution in [0.1, 0.15) is 24.8 Å². The van der Waals surface area contributed by atoms with Crippen molar-refractivity contribution < 1.29 is 19.1 Å². The first kappa shape index (κ1) is 25.9. The smallest absolute Gasteiger partial charge is 0.304 e. The molecule has 7 nitrogen and oxygen atoms in total. The normalized spacial score (nSPS) is 13.8. The van der Waals surface area contributed by atoms with Gasteiger partial charge in [-0.15, -0.1) is 11.3 Å². The van der Waals surface area contributed by atoms with E-state index < -0.39 is 11.9 Å². The number of fused-ring (bicyclic) bond motifs is 1. The number of anilines is 1. The number of amides is 1. The Balaban J connectivity index is 1.35. The average Bonchev–Trinajstić information content (AvgIpc) is 3.54. The van der Waals surface area contributed by atoms with Crippen LogP contribution in [0.5, 0.6) is 0 Å². The predicted molar refractivity (Wildman–Crippen MR) is 154 cm³/mol. The molecule has 202 valence electrons. The highest BCUT2D eigenvalue weighted by Crippen LogP contribution is 2.40. The van der Waals surface area contributed by atoms with Gasteiger partial charge < -0.3 is 9.67 Å². The third kappa shape index (κ3) is 5.24. The number of rotatable bonds is 9. The molecule has 0 saturated heterocycles. The minimum absolute atomic E-state index is 0.0183. The van der Waals surface area contributed by atoms with Gasteiger partial charge in [0.15, 0.2) is 5.13 Å². The molecule has 9 heteroatoms. The Bertz CT molecular complexity index is 1710. The summed E-state index contributed by atoms with van der Waals surface area (Å²) in [5.41, 5.74) is 4.55. The molecule has 0 aliphatic heterocycles. The lowest BCUT2D eigenvalue weighted by molar-refractivity contribution is -0.140. The Hall–Kier alpha value is -4.37. The van der Waals surface area contributed by atoms with Gasteiger partial charge in [0.25, 0.3) is 0 Å². The summed E-state index contributed by atoms with van der Waals surface area (Å²) in [4.78, 5) is 36.6. The zero-order valence-corrected chi connectivity index (χ0v) is 22.6. The fourth-order valence-corrected chi connectivity index (χ4v) is 6.00. The molecule has 0 spiro atoms. The van der Waals surface area contributed by atoms with Crippen LogP contribution < -0.4 is 4.90 Å². The van der Waals surface area contributed by atoms with Crippen molar-refractivity contribution in [3.05, 3.63) is 89.8 Å². The van der Waals surface area contributed by atoms with E-state index in [1.807, 2.05) is 65.7 Å². The molecule has 1 aliphatic rings. The number of nitrogens with zero attached hydrogens (tertiary/aromatic N) is 4. The Kier molecular flexibility index (Phi) is 6.89. The lowest BCUT2D eigenvalue weighted by atomic mass is 9.94. The predicted octanol–water partition coefficient (Wildman–Crippen LogP) is 6.33. The van der Waals surface area contributed by atoms with Gasteiger partial charge in [-0.2, -0.15) is 0 Å². The summed E-state index contributed by atoms with van der Waals surface area (Å²) in [6.45, 7) is 0. The van der Waals surface area contributed by atoms with Crippen molar-refractivity contribution in [2.45, 2.75) is 31.7 Å². The molecule has 1 fully saturated rings. The number of carboxylic acid groups (broad SMARTS) is 1. The maximum absolute atomic E-state index is 14.5. The number of aryl methyl sites for hydroxylation is 1. The molecule has 2 aromatic carbocycles. The zero-order chi connectivity index (χ0) is 27.8. The molecule has 0 radical (unpaired) electrons. The number of carboxylic acids is 1. The van der Waals surface area contributed by atoms with Gasteiger partial charge in [-0.05, 0) is 54.7 Å². The number of hydrogen-bond donors (Lipinski definition) is 1. The molecule has 3 aromatic heterocycles. The molecule has 1 N–H and O–H groups in total. The molecule has 1 saturated carbocycles. The van der Waals surface area contributed by atoms with Gasteiger partial charge in [-0.25, -0.2) is 14.4 Å². The van der Waals surface area contributed by atoms with Gasteiger partial charge in [0, 0.05) is 47.4 Å². The van der Waals surface area contributed by atoms with Crippen molar-refractivity contribution in [1.29, 1.82) is 0 Å². The van der Waals surface area contributed by atoms with Crippen LogP contribution in [-0.2, 0) is 23.1 Å². The van der Waals surface area contributed by atoms with Gasteiger partial charge in [-0.3, -0.25) is 14.5 Å². The second-order valence-electron chi connectivity index (χ2n) is 10.2. The van der Waals surface area contributed by atoms with E-state index in [0.29, 0.717) is 22.8 Å². The van der Waals surface area contributed by atoms with E-state index in [2.05, 4.69) is 4.98 Å². The number of hydrogen-bond acceptors (Lipinski definition) is 5. The number of aromatic nitrogens is 3. The van der Waals surface area contributed by atoms with Gasteiger partial charge in [-0.1, -0.05) is 36.4 Å². The highest BCUT2D eigenvalue weighted by atomic mass is 32.1. The highest BCUT2D eigenvalue weighted by molar-refractivity contribution is 7.14. The maximum atomic E-state index is 14.5. The van der Waals surface area contributed by atoms with E-state index in [0.717, 1.165) is 40.6 Å². The quantitative estimate of drug-likeness (QED) is 0.230. The highest BCUT2D eigenvalue weighted by Gasteiger charge is 2.39. The van der Waals surface area contributed by atoms with Crippen LogP contribution in [0.4, 0.5) is 9.52 Å². The molecule has 1 aliphatic carbocycles. The van der Waals surface area contributed by atoms with Crippen LogP contribution in [0.15, 0.2) is 78.4 Å². The zero-order valence-electron chi connectivity index (χ0n) is 21.8. The topological polar surface area (TPSA) is 88.3 Å². The SMILES string of the molecule is Cn1ccc2cc(-c3ccc(F)cc3-c3csc(N(C(=O)[C@@H](CC(=O)O)Cc4ccccc4)C4CC4)n3)cnc21. The molecule has 6 rings (SSSR count). The molecule has 5 aromatic rings. The van der Waals surface area contributed by atoms with Gasteiger partial charge >= 0.3 is 5.97 Å². The maximum Gasteiger partial charge on any atom is 0.304 e. The summed E-state index contributed by atoms with van der Waals surface area (Å²) in [5.74, 6) is -2.37. The van der Waals surface area contributed by atoms with Crippen molar-refractivity contribution in [3.8, 4) is 22.4 Å². The third-order valence-corrected chi connectivity index (χ3v) is 8.06. The van der Waals surface area contributed by atoms with Crippen LogP contribution in [-0.4, -0.2) is 37.6 Å². The molecular weight excluding hydrogens is 527 g/mol. The fraction of sp³-hybridized carbons (Fsp3) is 0.226. The second kappa shape index (κ2) is 10.7. The van der Waals surface area contributed by atoms with Crippen molar-refractivity contribution in [2.24, 2.45) is 13.0 Å². The summed E-state index contributed by atoms with van der Waals surface area (Å²) in [6, 6.07) is 18.0. The molecule has 1 atom stereocenters. The number of halogens is 1. The minimum Gasteiger partial charge on any atom is -0.481 e. The number of carbonyl (C=O) groups is 2. The van der Waals surface area contributed by atoms with E-state index in [1.165, 1.54) is 23.5 Å². The first-order chi connectivity index (χ1) is 19.4. The Labute approximate surface area is 234 Å². The van der Waals surface area contributed by atoms with E-state index in [9.17, 15) is 19.1 Å². The lowest BCUT2D eigenvalue weighted by Crippen LogP contribution is -2.39. The van der Waals surface area contributed by atoms with Crippen LogP contribution in [0, 0.1) is 11.7 Å². The van der Waals surface area contributed by atoms with Gasteiger partial charge in [0.05, 0.1) is 18.0 Å². The van der Waals surface area contributed by atoms with Crippen LogP contribution in [0.25, 0.3) is 33.4 Å². The summed E-state index contributed by atoms with van der Waals surface area (Å²) < 4.78 is 16.4. The number of pyridine rings is 1. The Morgan fingerprint density at radius 2 is 1.93 bits per heavy atom. The molecular formula is C31H27FN4O3S. The van der Waals surface area contributed by atoms with E-state index in [4.69, 9.17) is 4.98 Å². The summed E-state index contributed by atoms with van der Waals surface area (Å²) in [6.07, 6.45) is 5.44. The first-order valence-electron chi connectivity index (χ1n) is 13.1. The van der Waals surface area contributed by atoms with E-state index in [1.54, 1.807) is 17.2 Å². The molecule has 40 heavy (non-hydrogen) atoms. The molecule has 0 bridgehead atoms. The van der Waals surface area contributed by atoms with Crippen LogP contribution in [0.3, 0.4) is 0 Å². The van der Waals surface area contributed by atoms with Crippen LogP contribution in [0.2, 0.25) is 0 Å². The minimum atomic E-state index is -1.02. The summed E-state index contributed by atoms with van der Waals surface area (Å²) >= 11 is 1.31. The lowest BCUT2D eigenvalue weighted by Gasteiger charge is -2.25. The number of aliphatic carboxylic acids is 1. The van der Waals surface area contributed by atoms with Crippen molar-refractivity contribution >= 4 is 39.4 Å². The number of benzene rings is 2. The Morgan fingerprint density at radius 3 is 2.67 bits per heavy atom. The van der Waals surface area contributed by atoms with Crippen LogP contribution >= 0.6 is 11.3 Å². The van der Waals surface area contributed by atoms with Gasteiger partial charge in [0.2, 0.25) is 5.91 Å². The molecule has 1 amide bonds. The third-order valence-electron chi connectivity index (χ3n) is 7.22. The van der Waals surface area contributed by atoms with Crippen molar-refractivity contribution in [3.63, 3.8) is 0 Å². The second-order valence-corrected chi connectivity index (χ2v) is 11.0. The average molecular weight is 555 g/mol. The number of thiazole rings is 1. The Morgan fingerprint density at radius 1 is 1.12 bits per heavy atom. The van der Waals surface area contributed by atoms with E-state index in [-0.39, 0.29) is 24.2 Å². The number of carbonyl (C=O) groups excluding carboxylic acids is 1. The summed E-state index contributed by atoms with van der Waals surface area (Å²) in [5, 5.41) is 12.9. The molecule has 0 unspecified atom stereocenters. The van der Waals surface area contributed by atoms with Crippen molar-refractivity contribution in [2.75, 3.05) is 4.90 Å². The van der Waals surface area contributed by atoms with Gasteiger partial charge in [0.1, 0.15) is 11.5 Å². The standard InChI is InChI=1S/C31H27FN4O3S/c1-35-12-11-20-14-22(17-33-29(20)35)25-10-7-23(32)16-26(25)27-18-40-31(34-27)36(24-8-9-24)30(39)21(15-28(37)38)13-19-5-3-2-4-6-19/h2-7,10-12,14,16-18,21,24H,8-9,13,15H2,1H3,(H,37,38)/t21-/m1/s1. The summed E-state index contributed by atoms with van der Waals surface area (Å²) in [7, 11) is 1.93. The molecule has 3 heterocycles. The monoisotopic (exact) mass is 554 g/mol. The van der Waals surface area contributed by atoms with E-state index >= 15 is 0 Å². The largest absolute Gasteiger partial charge is 0.481 e. The fourth-order valence-electron chi connectivity index (χ4n) is 5.10.